The molecule has 2 aromatic heterocycles. The van der Waals surface area contributed by atoms with Gasteiger partial charge in [0.15, 0.2) is 0 Å². The van der Waals surface area contributed by atoms with Gasteiger partial charge in [-0.1, -0.05) is 48.2 Å². The molecule has 0 bridgehead atoms. The van der Waals surface area contributed by atoms with Gasteiger partial charge >= 0.3 is 0 Å². The number of aryl methyl sites for hydroxylation is 1. The van der Waals surface area contributed by atoms with E-state index in [1.165, 1.54) is 28.2 Å². The summed E-state index contributed by atoms with van der Waals surface area (Å²) in [6.07, 6.45) is 0.362. The lowest BCUT2D eigenvalue weighted by Crippen LogP contribution is -2.12. The summed E-state index contributed by atoms with van der Waals surface area (Å²) in [7, 11) is 0. The summed E-state index contributed by atoms with van der Waals surface area (Å²) >= 11 is 1.46. The van der Waals surface area contributed by atoms with Crippen LogP contribution in [0, 0.1) is 0 Å². The number of carbonyl (C=O) groups is 1. The van der Waals surface area contributed by atoms with Gasteiger partial charge in [-0.3, -0.25) is 4.79 Å². The summed E-state index contributed by atoms with van der Waals surface area (Å²) in [5, 5.41) is 17.9. The molecule has 0 radical (unpaired) electrons. The maximum Gasteiger partial charge on any atom is 0.225 e. The van der Waals surface area contributed by atoms with Crippen LogP contribution in [0.15, 0.2) is 78.0 Å². The van der Waals surface area contributed by atoms with Crippen LogP contribution in [-0.2, 0) is 11.3 Å². The molecule has 0 aliphatic heterocycles. The summed E-state index contributed by atoms with van der Waals surface area (Å²) in [5.41, 5.74) is 4.08. The number of rotatable bonds is 7. The van der Waals surface area contributed by atoms with E-state index in [0.717, 1.165) is 23.3 Å². The first-order chi connectivity index (χ1) is 15.7. The molecule has 3 aromatic carbocycles. The number of thioether (sulfide) groups is 1. The molecule has 5 aromatic rings. The predicted octanol–water partition coefficient (Wildman–Crippen LogP) is 4.91. The number of nitrogens with zero attached hydrogens (tertiary/aromatic N) is 5. The number of hydrogen-bond donors (Lipinski definition) is 1. The van der Waals surface area contributed by atoms with Gasteiger partial charge in [0, 0.05) is 46.2 Å². The van der Waals surface area contributed by atoms with Crippen LogP contribution in [0.2, 0.25) is 0 Å². The van der Waals surface area contributed by atoms with Gasteiger partial charge in [-0.2, -0.15) is 4.68 Å². The minimum Gasteiger partial charge on any atom is -0.341 e. The highest BCUT2D eigenvalue weighted by Crippen LogP contribution is 2.31. The zero-order valence-corrected chi connectivity index (χ0v) is 18.4. The van der Waals surface area contributed by atoms with Crippen LogP contribution in [0.4, 0.5) is 5.69 Å². The minimum absolute atomic E-state index is 0.0326. The van der Waals surface area contributed by atoms with E-state index in [1.54, 1.807) is 4.68 Å². The zero-order chi connectivity index (χ0) is 21.9. The fraction of sp³-hybridized carbons (Fsp3) is 0.167. The number of nitrogens with one attached hydrogen (secondary N) is 1. The van der Waals surface area contributed by atoms with Gasteiger partial charge in [-0.25, -0.2) is 0 Å². The Morgan fingerprint density at radius 1 is 0.969 bits per heavy atom. The topological polar surface area (TPSA) is 77.6 Å². The van der Waals surface area contributed by atoms with Crippen LogP contribution in [0.3, 0.4) is 0 Å². The second kappa shape index (κ2) is 8.84. The third-order valence-corrected chi connectivity index (χ3v) is 6.30. The Kier molecular flexibility index (Phi) is 5.60. The SMILES string of the molecule is CCn1c2ccccc2c2cc(NC(=O)CCSc3nnnn3-c3ccccc3)ccc21. The zero-order valence-electron chi connectivity index (χ0n) is 17.6. The molecular formula is C24H22N6OS. The minimum atomic E-state index is -0.0326. The first-order valence-electron chi connectivity index (χ1n) is 10.5. The Bertz CT molecular complexity index is 1390. The Morgan fingerprint density at radius 3 is 2.59 bits per heavy atom. The van der Waals surface area contributed by atoms with Gasteiger partial charge in [0.2, 0.25) is 11.1 Å². The highest BCUT2D eigenvalue weighted by atomic mass is 32.2. The van der Waals surface area contributed by atoms with Gasteiger partial charge in [0.1, 0.15) is 0 Å². The van der Waals surface area contributed by atoms with Crippen LogP contribution < -0.4 is 5.32 Å². The first-order valence-corrected chi connectivity index (χ1v) is 11.5. The van der Waals surface area contributed by atoms with E-state index in [-0.39, 0.29) is 5.91 Å². The van der Waals surface area contributed by atoms with Crippen LogP contribution >= 0.6 is 11.8 Å². The van der Waals surface area contributed by atoms with Gasteiger partial charge in [0.25, 0.3) is 0 Å². The third kappa shape index (κ3) is 3.85. The van der Waals surface area contributed by atoms with Crippen molar-refractivity contribution in [2.75, 3.05) is 11.1 Å². The molecule has 0 aliphatic rings. The quantitative estimate of drug-likeness (QED) is 0.362. The number of anilines is 1. The fourth-order valence-corrected chi connectivity index (χ4v) is 4.76. The summed E-state index contributed by atoms with van der Waals surface area (Å²) < 4.78 is 3.98. The van der Waals surface area contributed by atoms with Crippen LogP contribution in [0.5, 0.6) is 0 Å². The first kappa shape index (κ1) is 20.3. The average Bonchev–Trinajstić information content (AvgIpc) is 3.42. The summed E-state index contributed by atoms with van der Waals surface area (Å²) in [6.45, 7) is 3.04. The van der Waals surface area contributed by atoms with Crippen molar-refractivity contribution in [3.8, 4) is 5.69 Å². The molecule has 32 heavy (non-hydrogen) atoms. The molecule has 1 N–H and O–H groups in total. The average molecular weight is 443 g/mol. The van der Waals surface area contributed by atoms with Crippen molar-refractivity contribution in [1.29, 1.82) is 0 Å². The van der Waals surface area contributed by atoms with Crippen molar-refractivity contribution in [2.24, 2.45) is 0 Å². The van der Waals surface area contributed by atoms with Crippen molar-refractivity contribution < 1.29 is 4.79 Å². The van der Waals surface area contributed by atoms with Gasteiger partial charge in [-0.15, -0.1) is 5.10 Å². The maximum absolute atomic E-state index is 12.6. The molecule has 0 fully saturated rings. The van der Waals surface area contributed by atoms with E-state index in [9.17, 15) is 4.79 Å². The molecule has 0 unspecified atom stereocenters. The molecule has 0 aliphatic carbocycles. The third-order valence-electron chi connectivity index (χ3n) is 5.37. The number of para-hydroxylation sites is 2. The Hall–Kier alpha value is -3.65. The number of benzene rings is 3. The normalized spacial score (nSPS) is 11.3. The van der Waals surface area contributed by atoms with E-state index in [1.807, 2.05) is 42.5 Å². The van der Waals surface area contributed by atoms with Crippen molar-refractivity contribution in [3.05, 3.63) is 72.8 Å². The number of amides is 1. The van der Waals surface area contributed by atoms with Crippen molar-refractivity contribution in [2.45, 2.75) is 25.0 Å². The second-order valence-electron chi connectivity index (χ2n) is 7.35. The molecule has 0 saturated heterocycles. The number of hydrogen-bond acceptors (Lipinski definition) is 5. The van der Waals surface area contributed by atoms with Crippen molar-refractivity contribution in [1.82, 2.24) is 24.8 Å². The Labute approximate surface area is 189 Å². The second-order valence-corrected chi connectivity index (χ2v) is 8.41. The molecule has 0 spiro atoms. The maximum atomic E-state index is 12.6. The number of tetrazole rings is 1. The standard InChI is InChI=1S/C24H22N6OS/c1-2-29-21-11-7-6-10-19(21)20-16-17(12-13-22(20)29)25-23(31)14-15-32-24-26-27-28-30(24)18-8-4-3-5-9-18/h3-13,16H,2,14-15H2,1H3,(H,25,31). The lowest BCUT2D eigenvalue weighted by molar-refractivity contribution is -0.115. The highest BCUT2D eigenvalue weighted by Gasteiger charge is 2.12. The Balaban J connectivity index is 1.26. The summed E-state index contributed by atoms with van der Waals surface area (Å²) in [6, 6.07) is 24.2. The number of aromatic nitrogens is 5. The Morgan fingerprint density at radius 2 is 1.75 bits per heavy atom. The highest BCUT2D eigenvalue weighted by molar-refractivity contribution is 7.99. The van der Waals surface area contributed by atoms with E-state index in [2.05, 4.69) is 62.7 Å². The van der Waals surface area contributed by atoms with Crippen LogP contribution in [-0.4, -0.2) is 36.4 Å². The molecule has 5 rings (SSSR count). The molecule has 0 saturated carbocycles. The van der Waals surface area contributed by atoms with Gasteiger partial charge in [-0.05, 0) is 53.7 Å². The number of carbonyl (C=O) groups excluding carboxylic acids is 1. The smallest absolute Gasteiger partial charge is 0.225 e. The molecule has 2 heterocycles. The number of fused-ring (bicyclic) bond motifs is 3. The molecule has 1 amide bonds. The summed E-state index contributed by atoms with van der Waals surface area (Å²) in [4.78, 5) is 12.6. The van der Waals surface area contributed by atoms with Gasteiger partial charge in [0.05, 0.1) is 5.69 Å². The molecule has 8 heteroatoms. The van der Waals surface area contributed by atoms with E-state index in [4.69, 9.17) is 0 Å². The van der Waals surface area contributed by atoms with Crippen molar-refractivity contribution >= 4 is 45.2 Å². The fourth-order valence-electron chi connectivity index (χ4n) is 3.93. The molecular weight excluding hydrogens is 420 g/mol. The van der Waals surface area contributed by atoms with E-state index < -0.39 is 0 Å². The van der Waals surface area contributed by atoms with E-state index in [0.29, 0.717) is 17.3 Å². The summed E-state index contributed by atoms with van der Waals surface area (Å²) in [5.74, 6) is 0.547. The predicted molar refractivity (Wildman–Crippen MR) is 128 cm³/mol. The largest absolute Gasteiger partial charge is 0.341 e. The monoisotopic (exact) mass is 442 g/mol. The van der Waals surface area contributed by atoms with Crippen LogP contribution in [0.1, 0.15) is 13.3 Å². The lowest BCUT2D eigenvalue weighted by atomic mass is 10.1. The van der Waals surface area contributed by atoms with E-state index >= 15 is 0 Å². The lowest BCUT2D eigenvalue weighted by Gasteiger charge is -2.07. The molecule has 0 atom stereocenters. The van der Waals surface area contributed by atoms with Gasteiger partial charge < -0.3 is 9.88 Å². The van der Waals surface area contributed by atoms with Crippen molar-refractivity contribution in [3.63, 3.8) is 0 Å². The van der Waals surface area contributed by atoms with Crippen LogP contribution in [0.25, 0.3) is 27.5 Å². The molecule has 7 nitrogen and oxygen atoms in total. The molecule has 160 valence electrons.